The number of nitrogens with one attached hydrogen (secondary N) is 2. The number of aliphatic hydroxyl groups is 6. The van der Waals surface area contributed by atoms with E-state index in [1.807, 2.05) is 0 Å². The van der Waals surface area contributed by atoms with Crippen molar-refractivity contribution in [2.24, 2.45) is 22.9 Å². The molecule has 2 saturated heterocycles. The zero-order valence-electron chi connectivity index (χ0n) is 23.5. The van der Waals surface area contributed by atoms with Gasteiger partial charge in [0.1, 0.15) is 36.6 Å². The topological polar surface area (TPSA) is 304 Å². The standard InChI is InChI=1S/C25H48N6O11/c26-11-3-2-10(8-30-4-1-5-32)39-22(11)41-20-12(27)6-13(31-24(37)25(38)7-15(25)28)21(19(20)36)42-23-18(35)16(29)17(34)14(9-33)40-23/h10-23,30,32-36,38H,1-9,26-29H2,(H,31,37). The molecule has 15 unspecified atom stereocenters. The molecule has 0 radical (unpaired) electrons. The van der Waals surface area contributed by atoms with Crippen LogP contribution in [0.2, 0.25) is 0 Å². The molecule has 4 aliphatic rings. The van der Waals surface area contributed by atoms with Crippen LogP contribution in [0.1, 0.15) is 32.1 Å². The van der Waals surface area contributed by atoms with Crippen LogP contribution in [0.15, 0.2) is 0 Å². The second-order valence-corrected chi connectivity index (χ2v) is 11.8. The Balaban J connectivity index is 1.49. The molecular formula is C25H48N6O11. The Kier molecular flexibility index (Phi) is 11.5. The second-order valence-electron chi connectivity index (χ2n) is 11.8. The maximum Gasteiger partial charge on any atom is 0.253 e. The molecule has 2 saturated carbocycles. The van der Waals surface area contributed by atoms with Crippen LogP contribution in [0.5, 0.6) is 0 Å². The summed E-state index contributed by atoms with van der Waals surface area (Å²) < 4.78 is 23.7. The lowest BCUT2D eigenvalue weighted by molar-refractivity contribution is -0.314. The predicted octanol–water partition coefficient (Wildman–Crippen LogP) is -6.63. The Hall–Kier alpha value is -1.13. The summed E-state index contributed by atoms with van der Waals surface area (Å²) in [4.78, 5) is 12.8. The molecule has 244 valence electrons. The second kappa shape index (κ2) is 14.3. The monoisotopic (exact) mass is 608 g/mol. The summed E-state index contributed by atoms with van der Waals surface area (Å²) in [5, 5.41) is 67.3. The number of ether oxygens (including phenoxy) is 4. The Morgan fingerprint density at radius 2 is 1.62 bits per heavy atom. The highest BCUT2D eigenvalue weighted by Gasteiger charge is 2.59. The zero-order valence-corrected chi connectivity index (χ0v) is 23.5. The number of amides is 1. The van der Waals surface area contributed by atoms with Crippen LogP contribution in [0.25, 0.3) is 0 Å². The van der Waals surface area contributed by atoms with Gasteiger partial charge in [0, 0.05) is 31.7 Å². The van der Waals surface area contributed by atoms with Crippen molar-refractivity contribution in [3.63, 3.8) is 0 Å². The molecule has 0 aromatic carbocycles. The number of rotatable bonds is 12. The number of carbonyl (C=O) groups is 1. The Bertz CT molecular complexity index is 894. The van der Waals surface area contributed by atoms with E-state index in [9.17, 15) is 30.3 Å². The van der Waals surface area contributed by atoms with Gasteiger partial charge in [0.05, 0.1) is 30.8 Å². The van der Waals surface area contributed by atoms with Gasteiger partial charge in [-0.3, -0.25) is 4.79 Å². The highest BCUT2D eigenvalue weighted by molar-refractivity contribution is 5.89. The van der Waals surface area contributed by atoms with Crippen molar-refractivity contribution in [1.82, 2.24) is 10.6 Å². The van der Waals surface area contributed by atoms with Gasteiger partial charge in [-0.25, -0.2) is 0 Å². The van der Waals surface area contributed by atoms with Crippen molar-refractivity contribution in [3.8, 4) is 0 Å². The van der Waals surface area contributed by atoms with E-state index in [2.05, 4.69) is 10.6 Å². The number of hydrogen-bond donors (Lipinski definition) is 12. The maximum atomic E-state index is 12.8. The summed E-state index contributed by atoms with van der Waals surface area (Å²) in [7, 11) is 0. The molecule has 2 aliphatic carbocycles. The molecule has 16 N–H and O–H groups in total. The molecule has 2 aliphatic heterocycles. The SMILES string of the molecule is NC1CCC(CNCCCO)OC1OC1C(N)CC(NC(=O)C2(O)CC2N)C(OC2OC(CO)C(O)C(N)C2O)C1O. The largest absolute Gasteiger partial charge is 0.396 e. The lowest BCUT2D eigenvalue weighted by atomic mass is 9.83. The zero-order chi connectivity index (χ0) is 30.8. The molecule has 0 bridgehead atoms. The molecule has 4 rings (SSSR count). The first kappa shape index (κ1) is 33.8. The number of carbonyl (C=O) groups excluding carboxylic acids is 1. The fourth-order valence-electron chi connectivity index (χ4n) is 5.73. The number of nitrogens with two attached hydrogens (primary N) is 4. The Morgan fingerprint density at radius 3 is 2.26 bits per heavy atom. The summed E-state index contributed by atoms with van der Waals surface area (Å²) in [5.74, 6) is -0.771. The third kappa shape index (κ3) is 7.39. The van der Waals surface area contributed by atoms with Gasteiger partial charge in [-0.05, 0) is 32.2 Å². The summed E-state index contributed by atoms with van der Waals surface area (Å²) in [6.07, 6.45) is -8.81. The summed E-state index contributed by atoms with van der Waals surface area (Å²) >= 11 is 0. The van der Waals surface area contributed by atoms with Gasteiger partial charge in [-0.15, -0.1) is 0 Å². The van der Waals surface area contributed by atoms with Gasteiger partial charge in [-0.1, -0.05) is 0 Å². The van der Waals surface area contributed by atoms with E-state index in [1.165, 1.54) is 0 Å². The summed E-state index contributed by atoms with van der Waals surface area (Å²) in [6, 6.07) is -4.35. The van der Waals surface area contributed by atoms with E-state index in [-0.39, 0.29) is 25.6 Å². The van der Waals surface area contributed by atoms with Crippen molar-refractivity contribution < 1.29 is 54.4 Å². The van der Waals surface area contributed by atoms with Gasteiger partial charge >= 0.3 is 0 Å². The van der Waals surface area contributed by atoms with Crippen molar-refractivity contribution >= 4 is 5.91 Å². The lowest BCUT2D eigenvalue weighted by Gasteiger charge is -2.48. The minimum Gasteiger partial charge on any atom is -0.396 e. The van der Waals surface area contributed by atoms with Crippen LogP contribution in [0, 0.1) is 0 Å². The first-order chi connectivity index (χ1) is 19.9. The molecule has 15 atom stereocenters. The van der Waals surface area contributed by atoms with E-state index >= 15 is 0 Å². The van der Waals surface area contributed by atoms with E-state index < -0.39 is 97.5 Å². The molecule has 0 aromatic heterocycles. The quantitative estimate of drug-likeness (QED) is 0.0916. The third-order valence-electron chi connectivity index (χ3n) is 8.61. The maximum absolute atomic E-state index is 12.8. The van der Waals surface area contributed by atoms with Crippen LogP contribution < -0.4 is 33.6 Å². The van der Waals surface area contributed by atoms with Crippen LogP contribution >= 0.6 is 0 Å². The average molecular weight is 609 g/mol. The van der Waals surface area contributed by atoms with Gasteiger partial charge in [0.15, 0.2) is 18.2 Å². The van der Waals surface area contributed by atoms with Crippen molar-refractivity contribution in [2.45, 2.75) is 123 Å². The first-order valence-electron chi connectivity index (χ1n) is 14.5. The van der Waals surface area contributed by atoms with Crippen molar-refractivity contribution in [2.75, 3.05) is 26.3 Å². The van der Waals surface area contributed by atoms with Crippen LogP contribution in [-0.2, 0) is 23.7 Å². The Morgan fingerprint density at radius 1 is 0.929 bits per heavy atom. The van der Waals surface area contributed by atoms with Gasteiger partial charge in [-0.2, -0.15) is 0 Å². The highest BCUT2D eigenvalue weighted by Crippen LogP contribution is 2.36. The Labute approximate surface area is 243 Å². The van der Waals surface area contributed by atoms with Crippen LogP contribution in [0.3, 0.4) is 0 Å². The van der Waals surface area contributed by atoms with Crippen LogP contribution in [-0.4, -0.2) is 154 Å². The van der Waals surface area contributed by atoms with E-state index in [1.54, 1.807) is 0 Å². The molecule has 17 nitrogen and oxygen atoms in total. The average Bonchev–Trinajstić information content (AvgIpc) is 3.59. The fourth-order valence-corrected chi connectivity index (χ4v) is 5.73. The summed E-state index contributed by atoms with van der Waals surface area (Å²) in [5.41, 5.74) is 22.6. The molecule has 1 amide bonds. The van der Waals surface area contributed by atoms with Crippen molar-refractivity contribution in [3.05, 3.63) is 0 Å². The predicted molar refractivity (Wildman–Crippen MR) is 144 cm³/mol. The molecule has 17 heteroatoms. The van der Waals surface area contributed by atoms with Gasteiger partial charge in [0.2, 0.25) is 0 Å². The number of aliphatic hydroxyl groups excluding tert-OH is 5. The van der Waals surface area contributed by atoms with E-state index in [0.29, 0.717) is 32.4 Å². The molecule has 0 spiro atoms. The van der Waals surface area contributed by atoms with E-state index in [0.717, 1.165) is 0 Å². The van der Waals surface area contributed by atoms with Gasteiger partial charge < -0.3 is 83.2 Å². The van der Waals surface area contributed by atoms with Crippen molar-refractivity contribution in [1.29, 1.82) is 0 Å². The third-order valence-corrected chi connectivity index (χ3v) is 8.61. The molecular weight excluding hydrogens is 560 g/mol. The molecule has 4 fully saturated rings. The fraction of sp³-hybridized carbons (Fsp3) is 0.960. The molecule has 2 heterocycles. The smallest absolute Gasteiger partial charge is 0.253 e. The molecule has 0 aromatic rings. The van der Waals surface area contributed by atoms with Crippen LogP contribution in [0.4, 0.5) is 0 Å². The van der Waals surface area contributed by atoms with Gasteiger partial charge in [0.25, 0.3) is 5.91 Å². The van der Waals surface area contributed by atoms with E-state index in [4.69, 9.17) is 47.0 Å². The lowest BCUT2D eigenvalue weighted by Crippen LogP contribution is -2.69. The normalized spacial score (nSPS) is 47.7. The minimum absolute atomic E-state index is 0.0124. The minimum atomic E-state index is -1.77. The summed E-state index contributed by atoms with van der Waals surface area (Å²) in [6.45, 7) is 0.563. The first-order valence-corrected chi connectivity index (χ1v) is 14.5. The highest BCUT2D eigenvalue weighted by atomic mass is 16.7. The number of hydrogen-bond acceptors (Lipinski definition) is 16. The molecule has 42 heavy (non-hydrogen) atoms.